The molecule has 3 unspecified atom stereocenters. The first-order valence-electron chi connectivity index (χ1n) is 9.98. The number of hydrogen-bond donors (Lipinski definition) is 1. The molecular weight excluding hydrogens is 331 g/mol. The van der Waals surface area contributed by atoms with Gasteiger partial charge in [0.1, 0.15) is 5.82 Å². The average Bonchev–Trinajstić information content (AvgIpc) is 3.35. The minimum atomic E-state index is -0.257. The molecule has 1 aliphatic heterocycles. The van der Waals surface area contributed by atoms with E-state index in [9.17, 15) is 14.0 Å². The first-order chi connectivity index (χ1) is 12.6. The van der Waals surface area contributed by atoms with Gasteiger partial charge >= 0.3 is 0 Å². The summed E-state index contributed by atoms with van der Waals surface area (Å²) < 4.78 is 13.9. The molecule has 26 heavy (non-hydrogen) atoms. The van der Waals surface area contributed by atoms with Crippen LogP contribution in [0.5, 0.6) is 0 Å². The molecular formula is C21H27FN2O2. The summed E-state index contributed by atoms with van der Waals surface area (Å²) in [5, 5.41) is 3.04. The van der Waals surface area contributed by atoms with Crippen LogP contribution in [0.3, 0.4) is 0 Å². The molecule has 5 heteroatoms. The molecule has 140 valence electrons. The van der Waals surface area contributed by atoms with Crippen LogP contribution in [-0.4, -0.2) is 35.3 Å². The molecule has 0 radical (unpaired) electrons. The van der Waals surface area contributed by atoms with Crippen LogP contribution in [0, 0.1) is 11.7 Å². The number of rotatable bonds is 4. The van der Waals surface area contributed by atoms with Crippen LogP contribution in [0.25, 0.3) is 0 Å². The van der Waals surface area contributed by atoms with Crippen molar-refractivity contribution < 1.29 is 14.0 Å². The standard InChI is InChI=1S/C21H27FN2O2/c22-18-10-6-5-9-16(18)17-12-19(17)23-21(26)14-11-20(25)24(13-14)15-7-3-1-2-4-8-15/h5-6,9-10,14-15,17,19H,1-4,7-8,11-13H2,(H,23,26). The molecule has 1 heterocycles. The lowest BCUT2D eigenvalue weighted by atomic mass is 10.1. The number of hydrogen-bond acceptors (Lipinski definition) is 2. The van der Waals surface area contributed by atoms with Gasteiger partial charge in [0.05, 0.1) is 5.92 Å². The molecule has 4 nitrogen and oxygen atoms in total. The van der Waals surface area contributed by atoms with Crippen molar-refractivity contribution in [3.05, 3.63) is 35.6 Å². The van der Waals surface area contributed by atoms with E-state index >= 15 is 0 Å². The first-order valence-corrected chi connectivity index (χ1v) is 9.98. The summed E-state index contributed by atoms with van der Waals surface area (Å²) in [5.74, 6) is -0.315. The van der Waals surface area contributed by atoms with Gasteiger partial charge in [-0.1, -0.05) is 43.9 Å². The molecule has 1 aromatic rings. The molecule has 0 bridgehead atoms. The Morgan fingerprint density at radius 1 is 1.12 bits per heavy atom. The van der Waals surface area contributed by atoms with Crippen LogP contribution >= 0.6 is 0 Å². The summed E-state index contributed by atoms with van der Waals surface area (Å²) >= 11 is 0. The van der Waals surface area contributed by atoms with E-state index in [1.807, 2.05) is 11.0 Å². The molecule has 2 saturated carbocycles. The smallest absolute Gasteiger partial charge is 0.225 e. The van der Waals surface area contributed by atoms with Crippen LogP contribution < -0.4 is 5.32 Å². The summed E-state index contributed by atoms with van der Waals surface area (Å²) in [6.45, 7) is 0.548. The van der Waals surface area contributed by atoms with E-state index in [1.54, 1.807) is 12.1 Å². The van der Waals surface area contributed by atoms with Gasteiger partial charge in [0.15, 0.2) is 0 Å². The summed E-state index contributed by atoms with van der Waals surface area (Å²) in [4.78, 5) is 27.0. The van der Waals surface area contributed by atoms with Crippen molar-refractivity contribution in [2.45, 2.75) is 69.4 Å². The van der Waals surface area contributed by atoms with E-state index in [2.05, 4.69) is 5.32 Å². The lowest BCUT2D eigenvalue weighted by molar-refractivity contribution is -0.130. The quantitative estimate of drug-likeness (QED) is 0.839. The van der Waals surface area contributed by atoms with Gasteiger partial charge in [-0.25, -0.2) is 4.39 Å². The summed E-state index contributed by atoms with van der Waals surface area (Å²) in [6, 6.07) is 7.08. The first kappa shape index (κ1) is 17.5. The molecule has 4 rings (SSSR count). The number of halogens is 1. The van der Waals surface area contributed by atoms with Gasteiger partial charge in [-0.15, -0.1) is 0 Å². The highest BCUT2D eigenvalue weighted by molar-refractivity contribution is 5.89. The second-order valence-corrected chi connectivity index (χ2v) is 8.07. The van der Waals surface area contributed by atoms with E-state index in [4.69, 9.17) is 0 Å². The van der Waals surface area contributed by atoms with Crippen LogP contribution in [0.2, 0.25) is 0 Å². The predicted octanol–water partition coefficient (Wildman–Crippen LogP) is 3.37. The number of benzene rings is 1. The van der Waals surface area contributed by atoms with Gasteiger partial charge in [0, 0.05) is 31.0 Å². The average molecular weight is 358 g/mol. The third-order valence-corrected chi connectivity index (χ3v) is 6.22. The molecule has 2 amide bonds. The number of likely N-dealkylation sites (tertiary alicyclic amines) is 1. The van der Waals surface area contributed by atoms with Crippen molar-refractivity contribution in [3.8, 4) is 0 Å². The molecule has 3 aliphatic rings. The minimum Gasteiger partial charge on any atom is -0.352 e. The second kappa shape index (κ2) is 7.37. The highest BCUT2D eigenvalue weighted by Gasteiger charge is 2.44. The SMILES string of the molecule is O=C(NC1CC1c1ccccc1F)C1CC(=O)N(C2CCCCCC2)C1. The maximum absolute atomic E-state index is 13.9. The number of nitrogens with zero attached hydrogens (tertiary/aromatic N) is 1. The third kappa shape index (κ3) is 3.62. The molecule has 3 atom stereocenters. The number of nitrogens with one attached hydrogen (secondary N) is 1. The van der Waals surface area contributed by atoms with Crippen LogP contribution in [0.4, 0.5) is 4.39 Å². The largest absolute Gasteiger partial charge is 0.352 e. The Morgan fingerprint density at radius 2 is 1.85 bits per heavy atom. The fourth-order valence-electron chi connectivity index (χ4n) is 4.60. The monoisotopic (exact) mass is 358 g/mol. The van der Waals surface area contributed by atoms with Crippen LogP contribution in [0.15, 0.2) is 24.3 Å². The molecule has 3 fully saturated rings. The second-order valence-electron chi connectivity index (χ2n) is 8.07. The normalized spacial score (nSPS) is 29.5. The molecule has 1 aromatic carbocycles. The van der Waals surface area contributed by atoms with E-state index < -0.39 is 0 Å². The van der Waals surface area contributed by atoms with Crippen molar-refractivity contribution in [2.75, 3.05) is 6.54 Å². The minimum absolute atomic E-state index is 0.00133. The zero-order valence-corrected chi connectivity index (χ0v) is 15.1. The van der Waals surface area contributed by atoms with Crippen molar-refractivity contribution in [1.82, 2.24) is 10.2 Å². The van der Waals surface area contributed by atoms with Gasteiger partial charge in [-0.2, -0.15) is 0 Å². The van der Waals surface area contributed by atoms with Gasteiger partial charge in [-0.05, 0) is 30.9 Å². The molecule has 0 spiro atoms. The Balaban J connectivity index is 1.32. The number of amides is 2. The zero-order chi connectivity index (χ0) is 18.1. The molecule has 2 aliphatic carbocycles. The Morgan fingerprint density at radius 3 is 2.58 bits per heavy atom. The summed E-state index contributed by atoms with van der Waals surface area (Å²) in [6.07, 6.45) is 8.09. The predicted molar refractivity (Wildman–Crippen MR) is 97.0 cm³/mol. The number of carbonyl (C=O) groups excluding carboxylic acids is 2. The van der Waals surface area contributed by atoms with Gasteiger partial charge < -0.3 is 10.2 Å². The lowest BCUT2D eigenvalue weighted by Crippen LogP contribution is -2.38. The third-order valence-electron chi connectivity index (χ3n) is 6.22. The molecule has 0 aromatic heterocycles. The van der Waals surface area contributed by atoms with Gasteiger partial charge in [-0.3, -0.25) is 9.59 Å². The molecule has 1 N–H and O–H groups in total. The zero-order valence-electron chi connectivity index (χ0n) is 15.1. The van der Waals surface area contributed by atoms with Crippen LogP contribution in [-0.2, 0) is 9.59 Å². The van der Waals surface area contributed by atoms with Crippen LogP contribution in [0.1, 0.15) is 62.8 Å². The highest BCUT2D eigenvalue weighted by atomic mass is 19.1. The maximum Gasteiger partial charge on any atom is 0.225 e. The van der Waals surface area contributed by atoms with E-state index in [0.29, 0.717) is 24.6 Å². The fraction of sp³-hybridized carbons (Fsp3) is 0.619. The Bertz CT molecular complexity index is 684. The maximum atomic E-state index is 13.9. The van der Waals surface area contributed by atoms with E-state index in [1.165, 1.54) is 31.7 Å². The number of carbonyl (C=O) groups is 2. The Kier molecular flexibility index (Phi) is 4.96. The highest BCUT2D eigenvalue weighted by Crippen LogP contribution is 2.42. The van der Waals surface area contributed by atoms with Gasteiger partial charge in [0.2, 0.25) is 11.8 Å². The van der Waals surface area contributed by atoms with Crippen molar-refractivity contribution >= 4 is 11.8 Å². The van der Waals surface area contributed by atoms with Gasteiger partial charge in [0.25, 0.3) is 0 Å². The Labute approximate surface area is 154 Å². The van der Waals surface area contributed by atoms with Crippen molar-refractivity contribution in [2.24, 2.45) is 5.92 Å². The van der Waals surface area contributed by atoms with E-state index in [-0.39, 0.29) is 35.5 Å². The fourth-order valence-corrected chi connectivity index (χ4v) is 4.60. The topological polar surface area (TPSA) is 49.4 Å². The van der Waals surface area contributed by atoms with Crippen molar-refractivity contribution in [1.29, 1.82) is 0 Å². The molecule has 1 saturated heterocycles. The lowest BCUT2D eigenvalue weighted by Gasteiger charge is -2.27. The van der Waals surface area contributed by atoms with Crippen molar-refractivity contribution in [3.63, 3.8) is 0 Å². The summed E-state index contributed by atoms with van der Waals surface area (Å²) in [7, 11) is 0. The summed E-state index contributed by atoms with van der Waals surface area (Å²) in [5.41, 5.74) is 0.681. The Hall–Kier alpha value is -1.91. The van der Waals surface area contributed by atoms with E-state index in [0.717, 1.165) is 19.3 Å².